The van der Waals surface area contributed by atoms with E-state index >= 15 is 0 Å². The van der Waals surface area contributed by atoms with Crippen LogP contribution in [0.3, 0.4) is 0 Å². The molecule has 2 aromatic heterocycles. The number of hydrogen-bond donors (Lipinski definition) is 1. The van der Waals surface area contributed by atoms with Gasteiger partial charge >= 0.3 is 0 Å². The third-order valence-electron chi connectivity index (χ3n) is 3.89. The van der Waals surface area contributed by atoms with E-state index in [2.05, 4.69) is 55.2 Å². The Labute approximate surface area is 134 Å². The molecular weight excluding hydrogens is 292 g/mol. The zero-order chi connectivity index (χ0) is 15.9. The van der Waals surface area contributed by atoms with Crippen LogP contribution < -0.4 is 5.56 Å². The van der Waals surface area contributed by atoms with E-state index < -0.39 is 0 Å². The van der Waals surface area contributed by atoms with E-state index in [1.807, 2.05) is 12.1 Å². The summed E-state index contributed by atoms with van der Waals surface area (Å²) in [6.07, 6.45) is 1.00. The van der Waals surface area contributed by atoms with Crippen molar-refractivity contribution in [3.05, 3.63) is 51.1 Å². The topological polar surface area (TPSA) is 45.8 Å². The minimum absolute atomic E-state index is 0.0502. The molecule has 0 saturated carbocycles. The third-order valence-corrected chi connectivity index (χ3v) is 4.76. The maximum absolute atomic E-state index is 12.5. The van der Waals surface area contributed by atoms with Gasteiger partial charge in [0.1, 0.15) is 10.7 Å². The second-order valence-corrected chi connectivity index (χ2v) is 7.40. The summed E-state index contributed by atoms with van der Waals surface area (Å²) in [5.74, 6) is 0.641. The van der Waals surface area contributed by atoms with Gasteiger partial charge in [-0.1, -0.05) is 52.0 Å². The Morgan fingerprint density at radius 3 is 2.45 bits per heavy atom. The molecule has 0 saturated heterocycles. The van der Waals surface area contributed by atoms with Gasteiger partial charge in [0.25, 0.3) is 5.56 Å². The summed E-state index contributed by atoms with van der Waals surface area (Å²) in [5, 5.41) is 2.78. The Balaban J connectivity index is 2.16. The highest BCUT2D eigenvalue weighted by Gasteiger charge is 2.21. The minimum Gasteiger partial charge on any atom is -0.306 e. The quantitative estimate of drug-likeness (QED) is 0.756. The first-order chi connectivity index (χ1) is 10.4. The number of aromatic amines is 1. The van der Waals surface area contributed by atoms with Crippen LogP contribution in [0, 0.1) is 0 Å². The van der Waals surface area contributed by atoms with Crippen LogP contribution >= 0.6 is 11.3 Å². The van der Waals surface area contributed by atoms with Gasteiger partial charge in [-0.25, -0.2) is 4.98 Å². The summed E-state index contributed by atoms with van der Waals surface area (Å²) >= 11 is 1.54. The van der Waals surface area contributed by atoms with Crippen LogP contribution in [0.4, 0.5) is 0 Å². The van der Waals surface area contributed by atoms with Crippen molar-refractivity contribution >= 4 is 21.6 Å². The molecule has 0 aliphatic rings. The fourth-order valence-corrected chi connectivity index (χ4v) is 3.70. The molecule has 1 N–H and O–H groups in total. The zero-order valence-corrected chi connectivity index (χ0v) is 14.2. The van der Waals surface area contributed by atoms with E-state index in [-0.39, 0.29) is 11.0 Å². The van der Waals surface area contributed by atoms with E-state index in [0.29, 0.717) is 5.82 Å². The number of rotatable bonds is 2. The lowest BCUT2D eigenvalue weighted by Gasteiger charge is -2.16. The fraction of sp³-hybridized carbons (Fsp3) is 0.333. The van der Waals surface area contributed by atoms with Gasteiger partial charge in [0.2, 0.25) is 0 Å². The van der Waals surface area contributed by atoms with Crippen molar-refractivity contribution in [2.45, 2.75) is 39.5 Å². The molecule has 3 nitrogen and oxygen atoms in total. The van der Waals surface area contributed by atoms with Crippen LogP contribution in [0.5, 0.6) is 0 Å². The van der Waals surface area contributed by atoms with Crippen LogP contribution in [-0.2, 0) is 11.8 Å². The molecule has 0 atom stereocenters. The summed E-state index contributed by atoms with van der Waals surface area (Å²) in [5.41, 5.74) is 3.18. The average molecular weight is 312 g/mol. The number of thiophene rings is 1. The van der Waals surface area contributed by atoms with Gasteiger partial charge in [-0.2, -0.15) is 0 Å². The standard InChI is InChI=1S/C18H20N2OS/c1-5-11-6-8-12(9-7-11)15-19-16(21)14-13(18(2,3)4)10-22-17(14)20-15/h6-10H,5H2,1-4H3,(H,19,20,21). The number of aromatic nitrogens is 2. The highest BCUT2D eigenvalue weighted by atomic mass is 32.1. The number of fused-ring (bicyclic) bond motifs is 1. The smallest absolute Gasteiger partial charge is 0.260 e. The van der Waals surface area contributed by atoms with Crippen LogP contribution in [0.2, 0.25) is 0 Å². The van der Waals surface area contributed by atoms with Gasteiger partial charge in [0, 0.05) is 5.56 Å². The summed E-state index contributed by atoms with van der Waals surface area (Å²) in [6.45, 7) is 8.48. The van der Waals surface area contributed by atoms with Crippen LogP contribution in [0.15, 0.2) is 34.4 Å². The molecule has 3 aromatic rings. The van der Waals surface area contributed by atoms with Gasteiger partial charge in [0.05, 0.1) is 5.39 Å². The molecule has 22 heavy (non-hydrogen) atoms. The second kappa shape index (κ2) is 5.36. The third kappa shape index (κ3) is 2.59. The summed E-state index contributed by atoms with van der Waals surface area (Å²) in [4.78, 5) is 20.9. The Bertz CT molecular complexity index is 867. The monoisotopic (exact) mass is 312 g/mol. The number of hydrogen-bond acceptors (Lipinski definition) is 3. The molecule has 2 heterocycles. The molecule has 0 unspecified atom stereocenters. The average Bonchev–Trinajstić information content (AvgIpc) is 2.92. The Morgan fingerprint density at radius 2 is 1.86 bits per heavy atom. The summed E-state index contributed by atoms with van der Waals surface area (Å²) in [7, 11) is 0. The summed E-state index contributed by atoms with van der Waals surface area (Å²) < 4.78 is 0. The fourth-order valence-electron chi connectivity index (χ4n) is 2.54. The first kappa shape index (κ1) is 15.0. The molecule has 3 rings (SSSR count). The molecule has 0 bridgehead atoms. The molecule has 0 aliphatic carbocycles. The lowest BCUT2D eigenvalue weighted by molar-refractivity contribution is 0.597. The maximum Gasteiger partial charge on any atom is 0.260 e. The number of benzene rings is 1. The molecule has 0 spiro atoms. The number of H-pyrrole nitrogens is 1. The van der Waals surface area contributed by atoms with Crippen molar-refractivity contribution in [2.24, 2.45) is 0 Å². The molecule has 0 radical (unpaired) electrons. The summed E-state index contributed by atoms with van der Waals surface area (Å²) in [6, 6.07) is 8.19. The van der Waals surface area contributed by atoms with Crippen LogP contribution in [-0.4, -0.2) is 9.97 Å². The van der Waals surface area contributed by atoms with Crippen molar-refractivity contribution in [3.8, 4) is 11.4 Å². The zero-order valence-electron chi connectivity index (χ0n) is 13.4. The van der Waals surface area contributed by atoms with Gasteiger partial charge in [0.15, 0.2) is 0 Å². The predicted molar refractivity (Wildman–Crippen MR) is 93.8 cm³/mol. The van der Waals surface area contributed by atoms with E-state index in [1.54, 1.807) is 11.3 Å². The molecule has 0 amide bonds. The van der Waals surface area contributed by atoms with Crippen LogP contribution in [0.1, 0.15) is 38.8 Å². The van der Waals surface area contributed by atoms with Crippen molar-refractivity contribution in [1.82, 2.24) is 9.97 Å². The Kier molecular flexibility index (Phi) is 3.65. The van der Waals surface area contributed by atoms with Gasteiger partial charge in [-0.05, 0) is 28.3 Å². The number of nitrogens with one attached hydrogen (secondary N) is 1. The van der Waals surface area contributed by atoms with E-state index in [1.165, 1.54) is 5.56 Å². The highest BCUT2D eigenvalue weighted by Crippen LogP contribution is 2.32. The van der Waals surface area contributed by atoms with Gasteiger partial charge < -0.3 is 4.98 Å². The van der Waals surface area contributed by atoms with Gasteiger partial charge in [-0.3, -0.25) is 4.79 Å². The van der Waals surface area contributed by atoms with Crippen molar-refractivity contribution < 1.29 is 0 Å². The van der Waals surface area contributed by atoms with Crippen LogP contribution in [0.25, 0.3) is 21.6 Å². The van der Waals surface area contributed by atoms with E-state index in [9.17, 15) is 4.79 Å². The largest absolute Gasteiger partial charge is 0.306 e. The SMILES string of the molecule is CCc1ccc(-c2nc3scc(C(C)(C)C)c3c(=O)[nH]2)cc1. The molecule has 0 fully saturated rings. The minimum atomic E-state index is -0.0583. The molecule has 4 heteroatoms. The molecule has 1 aromatic carbocycles. The van der Waals surface area contributed by atoms with Crippen molar-refractivity contribution in [3.63, 3.8) is 0 Å². The lowest BCUT2D eigenvalue weighted by Crippen LogP contribution is -2.16. The number of aryl methyl sites for hydroxylation is 1. The molecule has 114 valence electrons. The second-order valence-electron chi connectivity index (χ2n) is 6.54. The van der Waals surface area contributed by atoms with E-state index in [4.69, 9.17) is 0 Å². The Hall–Kier alpha value is -1.94. The predicted octanol–water partition coefficient (Wildman–Crippen LogP) is 4.51. The Morgan fingerprint density at radius 1 is 1.18 bits per heavy atom. The number of nitrogens with zero attached hydrogens (tertiary/aromatic N) is 1. The first-order valence-electron chi connectivity index (χ1n) is 7.51. The molecule has 0 aliphatic heterocycles. The van der Waals surface area contributed by atoms with Crippen molar-refractivity contribution in [1.29, 1.82) is 0 Å². The normalized spacial score (nSPS) is 12.0. The maximum atomic E-state index is 12.5. The first-order valence-corrected chi connectivity index (χ1v) is 8.39. The molecular formula is C18H20N2OS. The van der Waals surface area contributed by atoms with Gasteiger partial charge in [-0.15, -0.1) is 11.3 Å². The lowest BCUT2D eigenvalue weighted by atomic mass is 9.87. The van der Waals surface area contributed by atoms with Crippen molar-refractivity contribution in [2.75, 3.05) is 0 Å². The highest BCUT2D eigenvalue weighted by molar-refractivity contribution is 7.16. The van der Waals surface area contributed by atoms with E-state index in [0.717, 1.165) is 27.8 Å².